The maximum atomic E-state index is 11.6. The van der Waals surface area contributed by atoms with Crippen molar-refractivity contribution in [2.75, 3.05) is 18.5 Å². The number of nitrogens with one attached hydrogen (secondary N) is 2. The van der Waals surface area contributed by atoms with E-state index in [1.54, 1.807) is 12.1 Å². The van der Waals surface area contributed by atoms with Crippen LogP contribution in [0.5, 0.6) is 0 Å². The molecule has 6 heteroatoms. The van der Waals surface area contributed by atoms with Crippen molar-refractivity contribution in [1.29, 1.82) is 0 Å². The number of carbonyl (C=O) groups is 1. The van der Waals surface area contributed by atoms with E-state index in [2.05, 4.69) is 20.8 Å². The average molecular weight is 276 g/mol. The van der Waals surface area contributed by atoms with Gasteiger partial charge in [-0.15, -0.1) is 10.2 Å². The Kier molecular flexibility index (Phi) is 3.82. The summed E-state index contributed by atoms with van der Waals surface area (Å²) in [5.41, 5.74) is 0.346. The van der Waals surface area contributed by atoms with E-state index in [1.807, 2.05) is 6.92 Å². The van der Waals surface area contributed by atoms with Gasteiger partial charge in [0.05, 0.1) is 12.1 Å². The molecule has 2 atom stereocenters. The van der Waals surface area contributed by atoms with Crippen LogP contribution in [0.25, 0.3) is 0 Å². The number of amides is 1. The van der Waals surface area contributed by atoms with Crippen LogP contribution in [0, 0.1) is 5.92 Å². The molecular formula is C14H20N4O2. The number of carbonyl (C=O) groups excluding carboxylic acids is 1. The molecule has 6 nitrogen and oxygen atoms in total. The van der Waals surface area contributed by atoms with E-state index in [0.717, 1.165) is 13.0 Å². The van der Waals surface area contributed by atoms with E-state index in [1.165, 1.54) is 12.8 Å². The highest BCUT2D eigenvalue weighted by molar-refractivity contribution is 5.92. The number of hydrogen-bond acceptors (Lipinski definition) is 5. The first kappa shape index (κ1) is 13.3. The van der Waals surface area contributed by atoms with Gasteiger partial charge >= 0.3 is 0 Å². The van der Waals surface area contributed by atoms with Crippen LogP contribution >= 0.6 is 0 Å². The standard InChI is InChI=1S/C14H20N4O2/c1-2-15-14(19)11-5-6-12(18-17-11)16-10-7-8-20-13(10)9-3-4-9/h5-6,9-10,13H,2-4,7-8H2,1H3,(H,15,19)(H,16,18). The highest BCUT2D eigenvalue weighted by Gasteiger charge is 2.40. The van der Waals surface area contributed by atoms with Crippen molar-refractivity contribution in [2.24, 2.45) is 5.92 Å². The summed E-state index contributed by atoms with van der Waals surface area (Å²) in [4.78, 5) is 11.6. The van der Waals surface area contributed by atoms with Gasteiger partial charge in [-0.25, -0.2) is 0 Å². The highest BCUT2D eigenvalue weighted by Crippen LogP contribution is 2.39. The Balaban J connectivity index is 1.61. The minimum Gasteiger partial charge on any atom is -0.376 e. The molecule has 2 aliphatic rings. The molecule has 1 aliphatic heterocycles. The predicted molar refractivity (Wildman–Crippen MR) is 74.5 cm³/mol. The predicted octanol–water partition coefficient (Wildman–Crippen LogP) is 1.21. The molecule has 0 aromatic carbocycles. The summed E-state index contributed by atoms with van der Waals surface area (Å²) in [6.07, 6.45) is 3.84. The fraction of sp³-hybridized carbons (Fsp3) is 0.643. The lowest BCUT2D eigenvalue weighted by molar-refractivity contribution is 0.0897. The molecule has 0 bridgehead atoms. The summed E-state index contributed by atoms with van der Waals surface area (Å²) in [5.74, 6) is 1.23. The van der Waals surface area contributed by atoms with Gasteiger partial charge in [0.15, 0.2) is 5.69 Å². The maximum absolute atomic E-state index is 11.6. The Labute approximate surface area is 118 Å². The molecule has 0 radical (unpaired) electrons. The van der Waals surface area contributed by atoms with Crippen molar-refractivity contribution >= 4 is 11.7 Å². The monoisotopic (exact) mass is 276 g/mol. The lowest BCUT2D eigenvalue weighted by atomic mass is 10.1. The maximum Gasteiger partial charge on any atom is 0.271 e. The molecule has 1 saturated carbocycles. The normalized spacial score (nSPS) is 25.4. The minimum absolute atomic E-state index is 0.188. The first-order chi connectivity index (χ1) is 9.78. The molecule has 1 aromatic heterocycles. The molecule has 1 aromatic rings. The van der Waals surface area contributed by atoms with Crippen molar-refractivity contribution in [3.63, 3.8) is 0 Å². The second-order valence-electron chi connectivity index (χ2n) is 5.38. The number of aromatic nitrogens is 2. The smallest absolute Gasteiger partial charge is 0.271 e. The van der Waals surface area contributed by atoms with Crippen LogP contribution in [-0.4, -0.2) is 41.4 Å². The van der Waals surface area contributed by atoms with E-state index in [0.29, 0.717) is 36.1 Å². The summed E-state index contributed by atoms with van der Waals surface area (Å²) in [6, 6.07) is 3.81. The molecule has 108 valence electrons. The topological polar surface area (TPSA) is 76.1 Å². The van der Waals surface area contributed by atoms with Crippen LogP contribution in [0.4, 0.5) is 5.82 Å². The second-order valence-corrected chi connectivity index (χ2v) is 5.38. The van der Waals surface area contributed by atoms with E-state index in [4.69, 9.17) is 4.74 Å². The first-order valence-electron chi connectivity index (χ1n) is 7.28. The molecule has 1 aliphatic carbocycles. The van der Waals surface area contributed by atoms with Crippen LogP contribution in [-0.2, 0) is 4.74 Å². The summed E-state index contributed by atoms with van der Waals surface area (Å²) >= 11 is 0. The van der Waals surface area contributed by atoms with Crippen molar-refractivity contribution in [3.8, 4) is 0 Å². The molecule has 3 rings (SSSR count). The van der Waals surface area contributed by atoms with Crippen LogP contribution in [0.1, 0.15) is 36.7 Å². The fourth-order valence-electron chi connectivity index (χ4n) is 2.63. The Morgan fingerprint density at radius 2 is 2.20 bits per heavy atom. The average Bonchev–Trinajstić information content (AvgIpc) is 3.20. The highest BCUT2D eigenvalue weighted by atomic mass is 16.5. The molecule has 0 spiro atoms. The number of nitrogens with zero attached hydrogens (tertiary/aromatic N) is 2. The minimum atomic E-state index is -0.188. The molecule has 2 unspecified atom stereocenters. The van der Waals surface area contributed by atoms with Crippen molar-refractivity contribution < 1.29 is 9.53 Å². The third-order valence-electron chi connectivity index (χ3n) is 3.79. The lowest BCUT2D eigenvalue weighted by Crippen LogP contribution is -2.31. The number of hydrogen-bond donors (Lipinski definition) is 2. The van der Waals surface area contributed by atoms with Crippen LogP contribution < -0.4 is 10.6 Å². The van der Waals surface area contributed by atoms with Gasteiger partial charge in [0, 0.05) is 13.2 Å². The molecular weight excluding hydrogens is 256 g/mol. The number of anilines is 1. The zero-order valence-corrected chi connectivity index (χ0v) is 11.6. The zero-order chi connectivity index (χ0) is 13.9. The van der Waals surface area contributed by atoms with Gasteiger partial charge in [-0.3, -0.25) is 4.79 Å². The first-order valence-corrected chi connectivity index (χ1v) is 7.28. The van der Waals surface area contributed by atoms with E-state index >= 15 is 0 Å². The number of ether oxygens (including phenoxy) is 1. The Morgan fingerprint density at radius 1 is 1.35 bits per heavy atom. The third kappa shape index (κ3) is 2.90. The van der Waals surface area contributed by atoms with Crippen LogP contribution in [0.3, 0.4) is 0 Å². The summed E-state index contributed by atoms with van der Waals surface area (Å²) in [5, 5.41) is 14.1. The van der Waals surface area contributed by atoms with Crippen molar-refractivity contribution in [1.82, 2.24) is 15.5 Å². The summed E-state index contributed by atoms with van der Waals surface area (Å²) in [6.45, 7) is 3.27. The Morgan fingerprint density at radius 3 is 2.85 bits per heavy atom. The van der Waals surface area contributed by atoms with Crippen LogP contribution in [0.15, 0.2) is 12.1 Å². The van der Waals surface area contributed by atoms with Gasteiger partial charge in [0.1, 0.15) is 5.82 Å². The van der Waals surface area contributed by atoms with Gasteiger partial charge in [-0.1, -0.05) is 0 Å². The van der Waals surface area contributed by atoms with E-state index < -0.39 is 0 Å². The molecule has 1 saturated heterocycles. The second kappa shape index (κ2) is 5.75. The molecule has 1 amide bonds. The van der Waals surface area contributed by atoms with Crippen molar-refractivity contribution in [3.05, 3.63) is 17.8 Å². The third-order valence-corrected chi connectivity index (χ3v) is 3.79. The van der Waals surface area contributed by atoms with Gasteiger partial charge in [0.2, 0.25) is 0 Å². The fourth-order valence-corrected chi connectivity index (χ4v) is 2.63. The van der Waals surface area contributed by atoms with E-state index in [-0.39, 0.29) is 5.91 Å². The van der Waals surface area contributed by atoms with E-state index in [9.17, 15) is 4.79 Å². The van der Waals surface area contributed by atoms with Gasteiger partial charge in [-0.2, -0.15) is 0 Å². The lowest BCUT2D eigenvalue weighted by Gasteiger charge is -2.19. The molecule has 2 fully saturated rings. The van der Waals surface area contributed by atoms with Gasteiger partial charge in [0.25, 0.3) is 5.91 Å². The van der Waals surface area contributed by atoms with Gasteiger partial charge < -0.3 is 15.4 Å². The molecule has 2 N–H and O–H groups in total. The molecule has 20 heavy (non-hydrogen) atoms. The quantitative estimate of drug-likeness (QED) is 0.845. The van der Waals surface area contributed by atoms with Gasteiger partial charge in [-0.05, 0) is 44.2 Å². The summed E-state index contributed by atoms with van der Waals surface area (Å²) in [7, 11) is 0. The Hall–Kier alpha value is -1.69. The molecule has 2 heterocycles. The number of rotatable bonds is 5. The zero-order valence-electron chi connectivity index (χ0n) is 11.6. The Bertz CT molecular complexity index is 473. The SMILES string of the molecule is CCNC(=O)c1ccc(NC2CCOC2C2CC2)nn1. The summed E-state index contributed by atoms with van der Waals surface area (Å²) < 4.78 is 5.78. The van der Waals surface area contributed by atoms with Crippen molar-refractivity contribution in [2.45, 2.75) is 38.3 Å². The van der Waals surface area contributed by atoms with Crippen LogP contribution in [0.2, 0.25) is 0 Å². The largest absolute Gasteiger partial charge is 0.376 e.